The second kappa shape index (κ2) is 17.7. The number of nitrogens with zero attached hydrogens (tertiary/aromatic N) is 2. The van der Waals surface area contributed by atoms with Gasteiger partial charge in [0.1, 0.15) is 14.1 Å². The van der Waals surface area contributed by atoms with Gasteiger partial charge in [0.25, 0.3) is 0 Å². The van der Waals surface area contributed by atoms with Crippen molar-refractivity contribution in [2.75, 3.05) is 49.4 Å². The summed E-state index contributed by atoms with van der Waals surface area (Å²) in [4.78, 5) is 0. The average Bonchev–Trinajstić information content (AvgIpc) is 2.75. The van der Waals surface area contributed by atoms with Gasteiger partial charge in [-0.25, -0.2) is 26.0 Å². The van der Waals surface area contributed by atoms with Crippen LogP contribution in [0.25, 0.3) is 0 Å². The summed E-state index contributed by atoms with van der Waals surface area (Å²) in [5.74, 6) is 2.20. The highest BCUT2D eigenvalue weighted by Gasteiger charge is 1.99. The molecular weight excluding hydrogens is 528 g/mol. The molecule has 12 nitrogen and oxygen atoms in total. The highest BCUT2D eigenvalue weighted by Crippen LogP contribution is 2.20. The maximum Gasteiger partial charge on any atom is 0.217 e. The summed E-state index contributed by atoms with van der Waals surface area (Å²) >= 11 is 0. The fraction of sp³-hybridized carbons (Fsp3) is 0.444. The van der Waals surface area contributed by atoms with Gasteiger partial charge < -0.3 is 19.7 Å². The zero-order chi connectivity index (χ0) is 26.0. The molecule has 16 heteroatoms. The third-order valence-corrected chi connectivity index (χ3v) is 6.62. The predicted octanol–water partition coefficient (Wildman–Crippen LogP) is 0.427. The van der Waals surface area contributed by atoms with Gasteiger partial charge in [-0.3, -0.25) is 8.37 Å². The number of hydrogen-bond acceptors (Lipinski definition) is 12. The van der Waals surface area contributed by atoms with Crippen LogP contribution in [0, 0.1) is 0 Å². The standard InChI is InChI=1S/C16H24N4S2.2CH4O4S/c1-19-9-3-5-15(13-19)17-7-11-21-22-12-8-18-16-6-4-10-20(2)14-16;2*1-5-6(2,3)4/h3-6,9-10,13-14,17-18H,7-8,11-12H2,1-2H3;2*1H3,(H,2,3,4)/q+2;;/p-2. The summed E-state index contributed by atoms with van der Waals surface area (Å²) in [5, 5.41) is 6.87. The van der Waals surface area contributed by atoms with Gasteiger partial charge in [0.2, 0.25) is 20.8 Å². The summed E-state index contributed by atoms with van der Waals surface area (Å²) in [6.45, 7) is 1.98. The molecule has 0 aliphatic carbocycles. The smallest absolute Gasteiger partial charge is 0.217 e. The molecule has 2 N–H and O–H groups in total. The maximum absolute atomic E-state index is 9.22. The van der Waals surface area contributed by atoms with Gasteiger partial charge in [0.15, 0.2) is 24.8 Å². The number of nitrogens with one attached hydrogen (secondary N) is 2. The number of hydrogen-bond donors (Lipinski definition) is 2. The van der Waals surface area contributed by atoms with Crippen LogP contribution in [-0.2, 0) is 43.3 Å². The Kier molecular flexibility index (Phi) is 16.9. The van der Waals surface area contributed by atoms with Gasteiger partial charge >= 0.3 is 0 Å². The molecule has 34 heavy (non-hydrogen) atoms. The Labute approximate surface area is 209 Å². The Morgan fingerprint density at radius 1 is 0.794 bits per heavy atom. The lowest BCUT2D eigenvalue weighted by Crippen LogP contribution is -2.26. The van der Waals surface area contributed by atoms with E-state index in [1.165, 1.54) is 11.4 Å². The van der Waals surface area contributed by atoms with Crippen LogP contribution in [0.5, 0.6) is 0 Å². The average molecular weight is 559 g/mol. The highest BCUT2D eigenvalue weighted by atomic mass is 33.1. The summed E-state index contributed by atoms with van der Waals surface area (Å²) in [5.41, 5.74) is 2.35. The van der Waals surface area contributed by atoms with E-state index in [9.17, 15) is 25.9 Å². The molecule has 0 spiro atoms. The topological polar surface area (TPSA) is 165 Å². The molecule has 0 saturated heterocycles. The Bertz CT molecular complexity index is 956. The zero-order valence-corrected chi connectivity index (χ0v) is 22.5. The van der Waals surface area contributed by atoms with Crippen LogP contribution in [-0.4, -0.2) is 64.8 Å². The second-order valence-electron chi connectivity index (χ2n) is 6.16. The van der Waals surface area contributed by atoms with Gasteiger partial charge in [-0.15, -0.1) is 0 Å². The van der Waals surface area contributed by atoms with Gasteiger partial charge in [0.05, 0.1) is 25.6 Å². The van der Waals surface area contributed by atoms with Crippen molar-refractivity contribution in [1.29, 1.82) is 0 Å². The SMILES string of the molecule is COS(=O)(=O)[O-].COS(=O)(=O)[O-].C[n+]1cccc(NCCSSCCNc2ccc[n+](C)c2)c1. The molecule has 194 valence electrons. The van der Waals surface area contributed by atoms with E-state index in [1.807, 2.05) is 48.1 Å². The first-order valence-corrected chi connectivity index (χ1v) is 14.7. The molecule has 0 aromatic carbocycles. The summed E-state index contributed by atoms with van der Waals surface area (Å²) in [6.07, 6.45) is 8.27. The molecule has 0 bridgehead atoms. The van der Waals surface area contributed by atoms with Crippen LogP contribution in [0.1, 0.15) is 0 Å². The fourth-order valence-electron chi connectivity index (χ4n) is 1.98. The van der Waals surface area contributed by atoms with E-state index in [4.69, 9.17) is 0 Å². The Balaban J connectivity index is 0.000000750. The fourth-order valence-corrected chi connectivity index (χ4v) is 3.79. The van der Waals surface area contributed by atoms with Gasteiger partial charge in [0, 0.05) is 36.7 Å². The molecule has 0 saturated carbocycles. The number of anilines is 2. The number of aromatic nitrogens is 2. The molecule has 0 atom stereocenters. The molecule has 0 radical (unpaired) electrons. The van der Waals surface area contributed by atoms with E-state index in [0.29, 0.717) is 0 Å². The van der Waals surface area contributed by atoms with E-state index < -0.39 is 20.8 Å². The predicted molar refractivity (Wildman–Crippen MR) is 131 cm³/mol. The molecule has 0 aliphatic rings. The molecule has 0 unspecified atom stereocenters. The number of aryl methyl sites for hydroxylation is 2. The van der Waals surface area contributed by atoms with Crippen LogP contribution < -0.4 is 19.8 Å². The van der Waals surface area contributed by atoms with Gasteiger partial charge in [-0.1, -0.05) is 21.6 Å². The maximum atomic E-state index is 9.22. The van der Waals surface area contributed by atoms with Crippen molar-refractivity contribution in [2.45, 2.75) is 0 Å². The molecule has 0 aliphatic heterocycles. The molecule has 0 amide bonds. The molecular formula is C18H30N4O8S4. The van der Waals surface area contributed by atoms with Gasteiger partial charge in [-0.05, 0) is 12.1 Å². The first kappa shape index (κ1) is 32.3. The van der Waals surface area contributed by atoms with E-state index in [2.05, 4.69) is 64.8 Å². The Hall–Kier alpha value is -1.66. The number of rotatable bonds is 11. The van der Waals surface area contributed by atoms with Gasteiger partial charge in [-0.2, -0.15) is 0 Å². The van der Waals surface area contributed by atoms with Crippen molar-refractivity contribution in [2.24, 2.45) is 14.1 Å². The zero-order valence-electron chi connectivity index (χ0n) is 19.2. The minimum absolute atomic E-state index is 0.808. The first-order valence-electron chi connectivity index (χ1n) is 9.52. The van der Waals surface area contributed by atoms with E-state index in [1.54, 1.807) is 0 Å². The van der Waals surface area contributed by atoms with Crippen LogP contribution in [0.15, 0.2) is 49.1 Å². The second-order valence-corrected chi connectivity index (χ2v) is 11.2. The minimum Gasteiger partial charge on any atom is -0.726 e. The van der Waals surface area contributed by atoms with Crippen molar-refractivity contribution >= 4 is 53.8 Å². The van der Waals surface area contributed by atoms with Crippen molar-refractivity contribution in [3.8, 4) is 0 Å². The van der Waals surface area contributed by atoms with Crippen LogP contribution in [0.3, 0.4) is 0 Å². The van der Waals surface area contributed by atoms with Crippen molar-refractivity contribution in [3.63, 3.8) is 0 Å². The largest absolute Gasteiger partial charge is 0.726 e. The lowest BCUT2D eigenvalue weighted by Gasteiger charge is -2.06. The molecule has 2 rings (SSSR count). The lowest BCUT2D eigenvalue weighted by molar-refractivity contribution is -0.670. The minimum atomic E-state index is -4.41. The molecule has 0 fully saturated rings. The highest BCUT2D eigenvalue weighted by molar-refractivity contribution is 8.76. The van der Waals surface area contributed by atoms with Crippen LogP contribution in [0.2, 0.25) is 0 Å². The first-order chi connectivity index (χ1) is 15.9. The normalized spacial score (nSPS) is 10.9. The Morgan fingerprint density at radius 2 is 1.12 bits per heavy atom. The van der Waals surface area contributed by atoms with E-state index >= 15 is 0 Å². The molecule has 2 aromatic heterocycles. The quantitative estimate of drug-likeness (QED) is 0.129. The van der Waals surface area contributed by atoms with Crippen molar-refractivity contribution < 1.29 is 43.4 Å². The van der Waals surface area contributed by atoms with Crippen LogP contribution in [0.4, 0.5) is 11.4 Å². The van der Waals surface area contributed by atoms with Crippen molar-refractivity contribution in [3.05, 3.63) is 49.1 Å². The Morgan fingerprint density at radius 3 is 1.38 bits per heavy atom. The van der Waals surface area contributed by atoms with Crippen LogP contribution >= 0.6 is 21.6 Å². The summed E-state index contributed by atoms with van der Waals surface area (Å²) in [7, 11) is 0.700. The van der Waals surface area contributed by atoms with E-state index in [-0.39, 0.29) is 0 Å². The van der Waals surface area contributed by atoms with E-state index in [0.717, 1.165) is 38.8 Å². The number of pyridine rings is 2. The molecule has 2 aromatic rings. The third kappa shape index (κ3) is 20.9. The lowest BCUT2D eigenvalue weighted by atomic mass is 10.4. The third-order valence-electron chi connectivity index (χ3n) is 3.40. The molecule has 2 heterocycles. The summed E-state index contributed by atoms with van der Waals surface area (Å²) in [6, 6.07) is 8.31. The monoisotopic (exact) mass is 558 g/mol. The van der Waals surface area contributed by atoms with Crippen molar-refractivity contribution in [1.82, 2.24) is 0 Å². The summed E-state index contributed by atoms with van der Waals surface area (Å²) < 4.78 is 66.2.